The Bertz CT molecular complexity index is 821. The van der Waals surface area contributed by atoms with Crippen molar-refractivity contribution in [3.63, 3.8) is 0 Å². The van der Waals surface area contributed by atoms with Crippen molar-refractivity contribution >= 4 is 0 Å². The van der Waals surface area contributed by atoms with Gasteiger partial charge in [0, 0.05) is 12.0 Å². The van der Waals surface area contributed by atoms with Crippen molar-refractivity contribution < 1.29 is 22.0 Å². The minimum atomic E-state index is -4.24. The lowest BCUT2D eigenvalue weighted by molar-refractivity contribution is -0.182. The third kappa shape index (κ3) is 3.78. The number of nitrogens with zero attached hydrogens (tertiary/aromatic N) is 2. The van der Waals surface area contributed by atoms with Crippen LogP contribution in [0.1, 0.15) is 43.1 Å². The molecule has 1 aromatic carbocycles. The summed E-state index contributed by atoms with van der Waals surface area (Å²) in [6.45, 7) is -0.940. The van der Waals surface area contributed by atoms with Crippen molar-refractivity contribution in [3.05, 3.63) is 58.0 Å². The summed E-state index contributed by atoms with van der Waals surface area (Å²) in [5.74, 6) is -2.01. The third-order valence-corrected chi connectivity index (χ3v) is 4.77. The van der Waals surface area contributed by atoms with Gasteiger partial charge in [-0.3, -0.25) is 9.36 Å². The van der Waals surface area contributed by atoms with E-state index in [1.54, 1.807) is 0 Å². The zero-order chi connectivity index (χ0) is 18.9. The summed E-state index contributed by atoms with van der Waals surface area (Å²) in [4.78, 5) is 16.6. The molecule has 0 radical (unpaired) electrons. The van der Waals surface area contributed by atoms with E-state index in [2.05, 4.69) is 4.98 Å². The molecule has 0 unspecified atom stereocenters. The highest BCUT2D eigenvalue weighted by molar-refractivity contribution is 5.34. The average Bonchev–Trinajstić information content (AvgIpc) is 2.61. The standard InChI is InChI=1S/C18H17F5N2O/c19-10-14-9-16(26)25(15-7-5-13(20)6-8-15)17(24-14)11-1-3-12(4-2-11)18(21,22)23/h5-9,11-12H,1-4,10H2/t11-,12+. The molecule has 1 fully saturated rings. The highest BCUT2D eigenvalue weighted by Crippen LogP contribution is 2.42. The summed E-state index contributed by atoms with van der Waals surface area (Å²) in [5, 5.41) is 0. The molecule has 1 aliphatic rings. The SMILES string of the molecule is O=c1cc(CF)nc([C@H]2CC[C@@H](C(F)(F)F)CC2)n1-c1ccc(F)cc1. The molecule has 0 N–H and O–H groups in total. The Morgan fingerprint density at radius 2 is 1.69 bits per heavy atom. The summed E-state index contributed by atoms with van der Waals surface area (Å²) < 4.78 is 66.1. The van der Waals surface area contributed by atoms with Gasteiger partial charge in [-0.25, -0.2) is 13.8 Å². The molecule has 8 heteroatoms. The number of aromatic nitrogens is 2. The molecule has 1 saturated carbocycles. The van der Waals surface area contributed by atoms with Crippen LogP contribution in [0.25, 0.3) is 5.69 Å². The molecule has 26 heavy (non-hydrogen) atoms. The predicted molar refractivity (Wildman–Crippen MR) is 85.4 cm³/mol. The Balaban J connectivity index is 1.99. The fourth-order valence-corrected chi connectivity index (χ4v) is 3.42. The minimum Gasteiger partial charge on any atom is -0.269 e. The predicted octanol–water partition coefficient (Wildman–Crippen LogP) is 4.68. The van der Waals surface area contributed by atoms with Crippen LogP contribution in [0.5, 0.6) is 0 Å². The Morgan fingerprint density at radius 3 is 2.23 bits per heavy atom. The smallest absolute Gasteiger partial charge is 0.269 e. The van der Waals surface area contributed by atoms with E-state index in [1.807, 2.05) is 0 Å². The third-order valence-electron chi connectivity index (χ3n) is 4.77. The van der Waals surface area contributed by atoms with Gasteiger partial charge >= 0.3 is 6.18 Å². The number of rotatable bonds is 3. The van der Waals surface area contributed by atoms with Gasteiger partial charge in [0.1, 0.15) is 18.3 Å². The fraction of sp³-hybridized carbons (Fsp3) is 0.444. The van der Waals surface area contributed by atoms with Gasteiger partial charge in [0.2, 0.25) is 0 Å². The van der Waals surface area contributed by atoms with Gasteiger partial charge in [0.25, 0.3) is 5.56 Å². The second-order valence-corrected chi connectivity index (χ2v) is 6.48. The van der Waals surface area contributed by atoms with E-state index in [1.165, 1.54) is 28.8 Å². The van der Waals surface area contributed by atoms with Crippen molar-refractivity contribution in [2.45, 2.75) is 44.5 Å². The summed E-state index contributed by atoms with van der Waals surface area (Å²) in [7, 11) is 0. The molecule has 0 bridgehead atoms. The second-order valence-electron chi connectivity index (χ2n) is 6.48. The van der Waals surface area contributed by atoms with E-state index in [4.69, 9.17) is 0 Å². The van der Waals surface area contributed by atoms with Gasteiger partial charge in [0.15, 0.2) is 0 Å². The highest BCUT2D eigenvalue weighted by atomic mass is 19.4. The molecular weight excluding hydrogens is 355 g/mol. The molecule has 1 heterocycles. The molecule has 1 aromatic heterocycles. The second kappa shape index (κ2) is 7.17. The van der Waals surface area contributed by atoms with Crippen molar-refractivity contribution in [1.29, 1.82) is 0 Å². The molecule has 1 aliphatic carbocycles. The van der Waals surface area contributed by atoms with Crippen LogP contribution in [-0.2, 0) is 6.67 Å². The largest absolute Gasteiger partial charge is 0.391 e. The molecule has 0 atom stereocenters. The van der Waals surface area contributed by atoms with Crippen LogP contribution >= 0.6 is 0 Å². The number of alkyl halides is 4. The first kappa shape index (κ1) is 18.5. The molecule has 2 aromatic rings. The number of halogens is 5. The zero-order valence-corrected chi connectivity index (χ0v) is 13.8. The average molecular weight is 372 g/mol. The topological polar surface area (TPSA) is 34.9 Å². The van der Waals surface area contributed by atoms with Crippen molar-refractivity contribution in [2.24, 2.45) is 5.92 Å². The van der Waals surface area contributed by atoms with Crippen molar-refractivity contribution in [1.82, 2.24) is 9.55 Å². The van der Waals surface area contributed by atoms with Gasteiger partial charge < -0.3 is 0 Å². The number of hydrogen-bond donors (Lipinski definition) is 0. The molecule has 0 amide bonds. The van der Waals surface area contributed by atoms with Gasteiger partial charge in [-0.1, -0.05) is 0 Å². The molecule has 0 aliphatic heterocycles. The summed E-state index contributed by atoms with van der Waals surface area (Å²) in [6.07, 6.45) is -3.96. The highest BCUT2D eigenvalue weighted by Gasteiger charge is 2.42. The normalized spacial score (nSPS) is 21.0. The van der Waals surface area contributed by atoms with Gasteiger partial charge in [-0.2, -0.15) is 13.2 Å². The van der Waals surface area contributed by atoms with Crippen LogP contribution in [0, 0.1) is 11.7 Å². The summed E-state index contributed by atoms with van der Waals surface area (Å²) in [6, 6.07) is 6.18. The Kier molecular flexibility index (Phi) is 5.11. The Morgan fingerprint density at radius 1 is 1.08 bits per heavy atom. The van der Waals surface area contributed by atoms with Crippen LogP contribution in [0.4, 0.5) is 22.0 Å². The first-order chi connectivity index (χ1) is 12.3. The fourth-order valence-electron chi connectivity index (χ4n) is 3.42. The van der Waals surface area contributed by atoms with Gasteiger partial charge in [-0.15, -0.1) is 0 Å². The maximum atomic E-state index is 13.2. The van der Waals surface area contributed by atoms with Gasteiger partial charge in [-0.05, 0) is 49.9 Å². The maximum Gasteiger partial charge on any atom is 0.391 e. The van der Waals surface area contributed by atoms with E-state index < -0.39 is 36.1 Å². The number of hydrogen-bond acceptors (Lipinski definition) is 2. The molecule has 0 saturated heterocycles. The Hall–Kier alpha value is -2.25. The van der Waals surface area contributed by atoms with Crippen LogP contribution in [0.2, 0.25) is 0 Å². The Labute approximate surface area is 146 Å². The van der Waals surface area contributed by atoms with Crippen LogP contribution in [0.15, 0.2) is 35.1 Å². The van der Waals surface area contributed by atoms with Crippen molar-refractivity contribution in [2.75, 3.05) is 0 Å². The van der Waals surface area contributed by atoms with E-state index >= 15 is 0 Å². The summed E-state index contributed by atoms with van der Waals surface area (Å²) >= 11 is 0. The molecule has 3 rings (SSSR count). The van der Waals surface area contributed by atoms with Crippen molar-refractivity contribution in [3.8, 4) is 5.69 Å². The van der Waals surface area contributed by atoms with Crippen LogP contribution < -0.4 is 5.56 Å². The van der Waals surface area contributed by atoms with E-state index in [9.17, 15) is 26.7 Å². The molecular formula is C18H17F5N2O. The first-order valence-electron chi connectivity index (χ1n) is 8.31. The molecule has 0 spiro atoms. The maximum absolute atomic E-state index is 13.2. The number of benzene rings is 1. The lowest BCUT2D eigenvalue weighted by Crippen LogP contribution is -2.31. The molecule has 3 nitrogen and oxygen atoms in total. The van der Waals surface area contributed by atoms with E-state index in [0.717, 1.165) is 6.07 Å². The quantitative estimate of drug-likeness (QED) is 0.734. The monoisotopic (exact) mass is 372 g/mol. The van der Waals surface area contributed by atoms with E-state index in [0.29, 0.717) is 5.69 Å². The lowest BCUT2D eigenvalue weighted by atomic mass is 9.81. The van der Waals surface area contributed by atoms with Gasteiger partial charge in [0.05, 0.1) is 17.3 Å². The summed E-state index contributed by atoms with van der Waals surface area (Å²) in [5.41, 5.74) is -0.240. The van der Waals surface area contributed by atoms with Crippen LogP contribution in [0.3, 0.4) is 0 Å². The first-order valence-corrected chi connectivity index (χ1v) is 8.31. The van der Waals surface area contributed by atoms with E-state index in [-0.39, 0.29) is 37.2 Å². The lowest BCUT2D eigenvalue weighted by Gasteiger charge is -2.30. The minimum absolute atomic E-state index is 0.0543. The van der Waals surface area contributed by atoms with Crippen LogP contribution in [-0.4, -0.2) is 15.7 Å². The zero-order valence-electron chi connectivity index (χ0n) is 13.8. The molecule has 140 valence electrons.